The molecule has 100 valence electrons. The van der Waals surface area contributed by atoms with E-state index in [1.54, 1.807) is 0 Å². The van der Waals surface area contributed by atoms with Crippen LogP contribution in [-0.2, 0) is 4.74 Å². The average molecular weight is 240 g/mol. The Morgan fingerprint density at radius 1 is 1.18 bits per heavy atom. The summed E-state index contributed by atoms with van der Waals surface area (Å²) in [5, 5.41) is 3.65. The van der Waals surface area contributed by atoms with Gasteiger partial charge >= 0.3 is 0 Å². The van der Waals surface area contributed by atoms with E-state index in [4.69, 9.17) is 4.74 Å². The molecule has 3 atom stereocenters. The van der Waals surface area contributed by atoms with Crippen molar-refractivity contribution in [3.05, 3.63) is 0 Å². The topological polar surface area (TPSA) is 24.5 Å². The zero-order valence-corrected chi connectivity index (χ0v) is 11.5. The molecular weight excluding hydrogens is 212 g/mol. The molecule has 0 saturated carbocycles. The molecule has 0 aromatic carbocycles. The Hall–Kier alpha value is -0.120. The molecule has 2 aliphatic heterocycles. The molecule has 3 nitrogen and oxygen atoms in total. The van der Waals surface area contributed by atoms with Crippen molar-refractivity contribution in [2.45, 2.75) is 51.2 Å². The highest BCUT2D eigenvalue weighted by atomic mass is 16.5. The molecule has 0 aromatic heterocycles. The second-order valence-corrected chi connectivity index (χ2v) is 5.89. The Balaban J connectivity index is 1.70. The third kappa shape index (κ3) is 4.23. The largest absolute Gasteiger partial charge is 0.377 e. The molecule has 0 radical (unpaired) electrons. The highest BCUT2D eigenvalue weighted by molar-refractivity contribution is 4.81. The van der Waals surface area contributed by atoms with E-state index in [9.17, 15) is 0 Å². The highest BCUT2D eigenvalue weighted by Crippen LogP contribution is 2.17. The van der Waals surface area contributed by atoms with Crippen LogP contribution < -0.4 is 5.32 Å². The Morgan fingerprint density at radius 3 is 2.76 bits per heavy atom. The Labute approximate surface area is 106 Å². The van der Waals surface area contributed by atoms with Crippen molar-refractivity contribution in [1.82, 2.24) is 10.2 Å². The SMILES string of the molecule is CC1CCCNC1CN(C)CC1CCCCO1. The molecule has 3 unspecified atom stereocenters. The summed E-state index contributed by atoms with van der Waals surface area (Å²) >= 11 is 0. The van der Waals surface area contributed by atoms with Crippen LogP contribution in [0.3, 0.4) is 0 Å². The smallest absolute Gasteiger partial charge is 0.0701 e. The van der Waals surface area contributed by atoms with Crippen LogP contribution in [0.2, 0.25) is 0 Å². The van der Waals surface area contributed by atoms with Gasteiger partial charge in [0, 0.05) is 25.7 Å². The maximum atomic E-state index is 5.80. The van der Waals surface area contributed by atoms with Gasteiger partial charge in [0.2, 0.25) is 0 Å². The van der Waals surface area contributed by atoms with Gasteiger partial charge in [-0.15, -0.1) is 0 Å². The van der Waals surface area contributed by atoms with Gasteiger partial charge in [-0.25, -0.2) is 0 Å². The third-order valence-electron chi connectivity index (χ3n) is 4.23. The maximum Gasteiger partial charge on any atom is 0.0701 e. The standard InChI is InChI=1S/C14H28N2O/c1-12-6-5-8-15-14(12)11-16(2)10-13-7-3-4-9-17-13/h12-15H,3-11H2,1-2H3. The molecule has 17 heavy (non-hydrogen) atoms. The molecule has 2 saturated heterocycles. The quantitative estimate of drug-likeness (QED) is 0.812. The van der Waals surface area contributed by atoms with Crippen LogP contribution in [0.15, 0.2) is 0 Å². The predicted molar refractivity (Wildman–Crippen MR) is 71.3 cm³/mol. The lowest BCUT2D eigenvalue weighted by molar-refractivity contribution is -0.00384. The molecule has 2 aliphatic rings. The van der Waals surface area contributed by atoms with E-state index in [1.807, 2.05) is 0 Å². The van der Waals surface area contributed by atoms with Crippen LogP contribution in [0.5, 0.6) is 0 Å². The Morgan fingerprint density at radius 2 is 2.06 bits per heavy atom. The molecule has 2 heterocycles. The van der Waals surface area contributed by atoms with Crippen molar-refractivity contribution >= 4 is 0 Å². The molecule has 3 heteroatoms. The zero-order valence-electron chi connectivity index (χ0n) is 11.5. The minimum Gasteiger partial charge on any atom is -0.377 e. The number of rotatable bonds is 4. The van der Waals surface area contributed by atoms with E-state index in [-0.39, 0.29) is 0 Å². The first-order chi connectivity index (χ1) is 8.25. The normalized spacial score (nSPS) is 35.1. The minimum absolute atomic E-state index is 0.479. The zero-order chi connectivity index (χ0) is 12.1. The number of likely N-dealkylation sites (N-methyl/N-ethyl adjacent to an activating group) is 1. The number of nitrogens with zero attached hydrogens (tertiary/aromatic N) is 1. The van der Waals surface area contributed by atoms with Gasteiger partial charge in [0.1, 0.15) is 0 Å². The summed E-state index contributed by atoms with van der Waals surface area (Å²) in [4.78, 5) is 2.45. The van der Waals surface area contributed by atoms with E-state index >= 15 is 0 Å². The minimum atomic E-state index is 0.479. The molecule has 0 aliphatic carbocycles. The molecule has 0 spiro atoms. The fourth-order valence-electron chi connectivity index (χ4n) is 3.07. The summed E-state index contributed by atoms with van der Waals surface area (Å²) in [5.41, 5.74) is 0. The average Bonchev–Trinajstić information content (AvgIpc) is 2.33. The summed E-state index contributed by atoms with van der Waals surface area (Å²) in [6.45, 7) is 6.81. The fraction of sp³-hybridized carbons (Fsp3) is 1.00. The van der Waals surface area contributed by atoms with Gasteiger partial charge in [0.05, 0.1) is 6.10 Å². The molecule has 0 aromatic rings. The molecule has 2 fully saturated rings. The van der Waals surface area contributed by atoms with Crippen LogP contribution in [0.1, 0.15) is 39.0 Å². The summed E-state index contributed by atoms with van der Waals surface area (Å²) in [7, 11) is 2.24. The van der Waals surface area contributed by atoms with Crippen molar-refractivity contribution in [3.8, 4) is 0 Å². The van der Waals surface area contributed by atoms with Gasteiger partial charge in [-0.3, -0.25) is 0 Å². The van der Waals surface area contributed by atoms with Gasteiger partial charge in [0.15, 0.2) is 0 Å². The highest BCUT2D eigenvalue weighted by Gasteiger charge is 2.23. The van der Waals surface area contributed by atoms with Gasteiger partial charge < -0.3 is 15.0 Å². The second-order valence-electron chi connectivity index (χ2n) is 5.89. The maximum absolute atomic E-state index is 5.80. The van der Waals surface area contributed by atoms with Crippen molar-refractivity contribution in [3.63, 3.8) is 0 Å². The van der Waals surface area contributed by atoms with Gasteiger partial charge in [-0.05, 0) is 51.6 Å². The van der Waals surface area contributed by atoms with Crippen LogP contribution in [0, 0.1) is 5.92 Å². The van der Waals surface area contributed by atoms with E-state index in [0.29, 0.717) is 12.1 Å². The third-order valence-corrected chi connectivity index (χ3v) is 4.23. The van der Waals surface area contributed by atoms with Gasteiger partial charge in [0.25, 0.3) is 0 Å². The van der Waals surface area contributed by atoms with Crippen molar-refractivity contribution in [2.24, 2.45) is 5.92 Å². The number of hydrogen-bond donors (Lipinski definition) is 1. The number of ether oxygens (including phenoxy) is 1. The van der Waals surface area contributed by atoms with E-state index in [0.717, 1.165) is 19.1 Å². The first kappa shape index (κ1) is 13.3. The Kier molecular flexibility index (Phi) is 5.26. The number of piperidine rings is 1. The number of hydrogen-bond acceptors (Lipinski definition) is 3. The molecule has 0 bridgehead atoms. The fourth-order valence-corrected chi connectivity index (χ4v) is 3.07. The summed E-state index contributed by atoms with van der Waals surface area (Å²) in [6, 6.07) is 0.678. The van der Waals surface area contributed by atoms with Crippen LogP contribution in [-0.4, -0.2) is 50.3 Å². The molecule has 0 amide bonds. The van der Waals surface area contributed by atoms with Crippen molar-refractivity contribution < 1.29 is 4.74 Å². The van der Waals surface area contributed by atoms with Crippen LogP contribution in [0.4, 0.5) is 0 Å². The lowest BCUT2D eigenvalue weighted by atomic mass is 9.92. The lowest BCUT2D eigenvalue weighted by Gasteiger charge is -2.35. The second kappa shape index (κ2) is 6.72. The molecular formula is C14H28N2O. The Bertz CT molecular complexity index is 216. The predicted octanol–water partition coefficient (Wildman–Crippen LogP) is 1.88. The molecule has 1 N–H and O–H groups in total. The van der Waals surface area contributed by atoms with Gasteiger partial charge in [-0.1, -0.05) is 6.92 Å². The van der Waals surface area contributed by atoms with E-state index < -0.39 is 0 Å². The number of nitrogens with one attached hydrogen (secondary N) is 1. The van der Waals surface area contributed by atoms with Crippen LogP contribution >= 0.6 is 0 Å². The van der Waals surface area contributed by atoms with E-state index in [1.165, 1.54) is 45.2 Å². The summed E-state index contributed by atoms with van der Waals surface area (Å²) in [6.07, 6.45) is 7.04. The van der Waals surface area contributed by atoms with Crippen LogP contribution in [0.25, 0.3) is 0 Å². The van der Waals surface area contributed by atoms with Crippen molar-refractivity contribution in [1.29, 1.82) is 0 Å². The lowest BCUT2D eigenvalue weighted by Crippen LogP contribution is -2.48. The summed E-state index contributed by atoms with van der Waals surface area (Å²) < 4.78 is 5.80. The summed E-state index contributed by atoms with van der Waals surface area (Å²) in [5.74, 6) is 0.818. The van der Waals surface area contributed by atoms with E-state index in [2.05, 4.69) is 24.2 Å². The monoisotopic (exact) mass is 240 g/mol. The first-order valence-electron chi connectivity index (χ1n) is 7.29. The van der Waals surface area contributed by atoms with Crippen molar-refractivity contribution in [2.75, 3.05) is 33.3 Å². The first-order valence-corrected chi connectivity index (χ1v) is 7.29. The molecule has 2 rings (SSSR count). The van der Waals surface area contributed by atoms with Gasteiger partial charge in [-0.2, -0.15) is 0 Å².